The van der Waals surface area contributed by atoms with Crippen molar-refractivity contribution in [2.24, 2.45) is 0 Å². The van der Waals surface area contributed by atoms with Gasteiger partial charge in [0.25, 0.3) is 11.8 Å². The van der Waals surface area contributed by atoms with Crippen molar-refractivity contribution in [3.63, 3.8) is 0 Å². The maximum Gasteiger partial charge on any atom is 0.257 e. The molecule has 1 heterocycles. The topological polar surface area (TPSA) is 62.3 Å². The molecule has 0 spiro atoms. The fourth-order valence-corrected chi connectivity index (χ4v) is 2.19. The summed E-state index contributed by atoms with van der Waals surface area (Å²) in [5, 5.41) is 2.80. The van der Waals surface area contributed by atoms with Crippen molar-refractivity contribution in [1.29, 1.82) is 0 Å². The van der Waals surface area contributed by atoms with E-state index in [1.54, 1.807) is 47.5 Å². The largest absolute Gasteiger partial charge is 0.339 e. The molecule has 0 saturated carbocycles. The van der Waals surface area contributed by atoms with Crippen molar-refractivity contribution < 1.29 is 9.59 Å². The lowest BCUT2D eigenvalue weighted by molar-refractivity contribution is 0.0773. The van der Waals surface area contributed by atoms with Gasteiger partial charge in [-0.25, -0.2) is 0 Å². The lowest BCUT2D eigenvalue weighted by atomic mass is 10.1. The van der Waals surface area contributed by atoms with E-state index in [-0.39, 0.29) is 11.8 Å². The van der Waals surface area contributed by atoms with Gasteiger partial charge in [0.05, 0.1) is 5.56 Å². The van der Waals surface area contributed by atoms with Gasteiger partial charge >= 0.3 is 0 Å². The molecular formula is C18H21N3O2. The second kappa shape index (κ2) is 7.54. The number of pyridine rings is 1. The molecule has 0 radical (unpaired) electrons. The number of benzene rings is 1. The number of hydrogen-bond donors (Lipinski definition) is 1. The van der Waals surface area contributed by atoms with Crippen LogP contribution in [0.4, 0.5) is 5.69 Å². The number of aryl methyl sites for hydroxylation is 1. The first-order valence-corrected chi connectivity index (χ1v) is 7.68. The Morgan fingerprint density at radius 2 is 1.61 bits per heavy atom. The summed E-state index contributed by atoms with van der Waals surface area (Å²) in [5.74, 6) is -0.226. The van der Waals surface area contributed by atoms with Crippen molar-refractivity contribution in [3.05, 3.63) is 59.4 Å². The first-order valence-electron chi connectivity index (χ1n) is 7.68. The van der Waals surface area contributed by atoms with E-state index in [9.17, 15) is 9.59 Å². The number of nitrogens with zero attached hydrogens (tertiary/aromatic N) is 2. The molecule has 120 valence electrons. The van der Waals surface area contributed by atoms with Crippen molar-refractivity contribution in [3.8, 4) is 0 Å². The van der Waals surface area contributed by atoms with Crippen LogP contribution in [0.15, 0.2) is 42.6 Å². The van der Waals surface area contributed by atoms with Crippen molar-refractivity contribution in [2.45, 2.75) is 20.8 Å². The number of aromatic nitrogens is 1. The number of carbonyl (C=O) groups is 2. The second-order valence-corrected chi connectivity index (χ2v) is 5.20. The highest BCUT2D eigenvalue weighted by atomic mass is 16.2. The molecule has 5 nitrogen and oxygen atoms in total. The van der Waals surface area contributed by atoms with Gasteiger partial charge in [-0.1, -0.05) is 0 Å². The Hall–Kier alpha value is -2.69. The summed E-state index contributed by atoms with van der Waals surface area (Å²) in [6.45, 7) is 7.12. The Labute approximate surface area is 136 Å². The fourth-order valence-electron chi connectivity index (χ4n) is 2.19. The first-order chi connectivity index (χ1) is 11.0. The zero-order valence-electron chi connectivity index (χ0n) is 13.7. The zero-order valence-corrected chi connectivity index (χ0v) is 13.7. The summed E-state index contributed by atoms with van der Waals surface area (Å²) in [6.07, 6.45) is 1.54. The SMILES string of the molecule is CCN(CC)C(=O)c1ccc(NC(=O)c2ccc(C)nc2)cc1. The van der Waals surface area contributed by atoms with E-state index in [1.807, 2.05) is 20.8 Å². The van der Waals surface area contributed by atoms with Crippen LogP contribution in [0.2, 0.25) is 0 Å². The average molecular weight is 311 g/mol. The van der Waals surface area contributed by atoms with E-state index in [2.05, 4.69) is 10.3 Å². The van der Waals surface area contributed by atoms with E-state index in [0.717, 1.165) is 5.69 Å². The van der Waals surface area contributed by atoms with Gasteiger partial charge in [-0.15, -0.1) is 0 Å². The summed E-state index contributed by atoms with van der Waals surface area (Å²) >= 11 is 0. The number of anilines is 1. The maximum absolute atomic E-state index is 12.2. The van der Waals surface area contributed by atoms with Crippen LogP contribution < -0.4 is 5.32 Å². The molecule has 0 aliphatic rings. The van der Waals surface area contributed by atoms with Crippen LogP contribution in [0.5, 0.6) is 0 Å². The van der Waals surface area contributed by atoms with E-state index < -0.39 is 0 Å². The Bertz CT molecular complexity index is 674. The van der Waals surface area contributed by atoms with Crippen LogP contribution in [0.25, 0.3) is 0 Å². The molecule has 0 bridgehead atoms. The van der Waals surface area contributed by atoms with Gasteiger partial charge in [-0.3, -0.25) is 14.6 Å². The van der Waals surface area contributed by atoms with Crippen LogP contribution in [-0.4, -0.2) is 34.8 Å². The highest BCUT2D eigenvalue weighted by Crippen LogP contribution is 2.13. The quantitative estimate of drug-likeness (QED) is 0.923. The van der Waals surface area contributed by atoms with Gasteiger partial charge in [0.15, 0.2) is 0 Å². The normalized spacial score (nSPS) is 10.2. The summed E-state index contributed by atoms with van der Waals surface area (Å²) in [4.78, 5) is 30.2. The molecule has 2 rings (SSSR count). The molecule has 2 aromatic rings. The third kappa shape index (κ3) is 4.16. The number of amides is 2. The maximum atomic E-state index is 12.2. The number of carbonyl (C=O) groups excluding carboxylic acids is 2. The summed E-state index contributed by atoms with van der Waals surface area (Å²) in [5.41, 5.74) is 2.62. The van der Waals surface area contributed by atoms with Crippen molar-refractivity contribution in [1.82, 2.24) is 9.88 Å². The van der Waals surface area contributed by atoms with Crippen LogP contribution in [0, 0.1) is 6.92 Å². The Morgan fingerprint density at radius 1 is 1.00 bits per heavy atom. The van der Waals surface area contributed by atoms with Gasteiger partial charge in [0.1, 0.15) is 0 Å². The molecule has 0 aliphatic carbocycles. The molecular weight excluding hydrogens is 290 g/mol. The molecule has 0 aliphatic heterocycles. The van der Waals surface area contributed by atoms with Gasteiger partial charge in [-0.05, 0) is 57.2 Å². The second-order valence-electron chi connectivity index (χ2n) is 5.20. The van der Waals surface area contributed by atoms with Gasteiger partial charge < -0.3 is 10.2 Å². The third-order valence-electron chi connectivity index (χ3n) is 3.61. The standard InChI is InChI=1S/C18H21N3O2/c1-4-21(5-2)18(23)14-8-10-16(11-9-14)20-17(22)15-7-6-13(3)19-12-15/h6-12H,4-5H2,1-3H3,(H,20,22). The van der Waals surface area contributed by atoms with Gasteiger partial charge in [-0.2, -0.15) is 0 Å². The minimum absolute atomic E-state index is 0.00406. The molecule has 1 aromatic heterocycles. The Kier molecular flexibility index (Phi) is 5.46. The van der Waals surface area contributed by atoms with E-state index >= 15 is 0 Å². The number of hydrogen-bond acceptors (Lipinski definition) is 3. The lowest BCUT2D eigenvalue weighted by Gasteiger charge is -2.18. The molecule has 0 saturated heterocycles. The molecule has 1 aromatic carbocycles. The van der Waals surface area contributed by atoms with Crippen molar-refractivity contribution >= 4 is 17.5 Å². The summed E-state index contributed by atoms with van der Waals surface area (Å²) < 4.78 is 0. The molecule has 1 N–H and O–H groups in total. The molecule has 2 amide bonds. The monoisotopic (exact) mass is 311 g/mol. The lowest BCUT2D eigenvalue weighted by Crippen LogP contribution is -2.30. The van der Waals surface area contributed by atoms with Crippen molar-refractivity contribution in [2.75, 3.05) is 18.4 Å². The molecule has 0 atom stereocenters. The minimum atomic E-state index is -0.222. The number of rotatable bonds is 5. The first kappa shape index (κ1) is 16.7. The Balaban J connectivity index is 2.06. The molecule has 5 heteroatoms. The van der Waals surface area contributed by atoms with E-state index in [0.29, 0.717) is 29.9 Å². The minimum Gasteiger partial charge on any atom is -0.339 e. The fraction of sp³-hybridized carbons (Fsp3) is 0.278. The summed E-state index contributed by atoms with van der Waals surface area (Å²) in [6, 6.07) is 10.4. The van der Waals surface area contributed by atoms with Gasteiger partial charge in [0.2, 0.25) is 0 Å². The smallest absolute Gasteiger partial charge is 0.257 e. The Morgan fingerprint density at radius 3 is 2.13 bits per heavy atom. The van der Waals surface area contributed by atoms with Crippen LogP contribution in [0.1, 0.15) is 40.3 Å². The summed E-state index contributed by atoms with van der Waals surface area (Å²) in [7, 11) is 0. The average Bonchev–Trinajstić information content (AvgIpc) is 2.57. The highest BCUT2D eigenvalue weighted by Gasteiger charge is 2.12. The van der Waals surface area contributed by atoms with E-state index in [1.165, 1.54) is 0 Å². The predicted octanol–water partition coefficient (Wildman–Crippen LogP) is 3.12. The third-order valence-corrected chi connectivity index (χ3v) is 3.61. The van der Waals surface area contributed by atoms with Crippen LogP contribution >= 0.6 is 0 Å². The highest BCUT2D eigenvalue weighted by molar-refractivity contribution is 6.04. The molecule has 0 fully saturated rings. The van der Waals surface area contributed by atoms with Crippen LogP contribution in [0.3, 0.4) is 0 Å². The molecule has 0 unspecified atom stereocenters. The number of nitrogens with one attached hydrogen (secondary N) is 1. The van der Waals surface area contributed by atoms with E-state index in [4.69, 9.17) is 0 Å². The van der Waals surface area contributed by atoms with Crippen LogP contribution in [-0.2, 0) is 0 Å². The predicted molar refractivity (Wildman–Crippen MR) is 90.6 cm³/mol. The molecule has 23 heavy (non-hydrogen) atoms. The van der Waals surface area contributed by atoms with Gasteiger partial charge in [0, 0.05) is 36.2 Å². The zero-order chi connectivity index (χ0) is 16.8.